The third kappa shape index (κ3) is 2.69. The molecule has 2 nitrogen and oxygen atoms in total. The van der Waals surface area contributed by atoms with Crippen molar-refractivity contribution < 1.29 is 4.42 Å². The minimum atomic E-state index is 0.827. The van der Waals surface area contributed by atoms with E-state index in [-0.39, 0.29) is 0 Å². The number of nitrogens with zero attached hydrogens (tertiary/aromatic N) is 1. The molecule has 2 aromatic rings. The fourth-order valence-corrected chi connectivity index (χ4v) is 1.52. The van der Waals surface area contributed by atoms with Crippen LogP contribution < -0.4 is 0 Å². The minimum absolute atomic E-state index is 0.827. The van der Waals surface area contributed by atoms with Gasteiger partial charge in [-0.1, -0.05) is 29.8 Å². The van der Waals surface area contributed by atoms with Crippen molar-refractivity contribution in [3.05, 3.63) is 53.2 Å². The minimum Gasteiger partial charge on any atom is -0.446 e. The molecular weight excluding hydrogens is 186 g/mol. The smallest absolute Gasteiger partial charge is 0.194 e. The summed E-state index contributed by atoms with van der Waals surface area (Å²) in [5.74, 6) is 1.71. The summed E-state index contributed by atoms with van der Waals surface area (Å²) in [6, 6.07) is 8.59. The van der Waals surface area contributed by atoms with Gasteiger partial charge in [-0.05, 0) is 25.8 Å². The van der Waals surface area contributed by atoms with Crippen molar-refractivity contribution in [2.24, 2.45) is 0 Å². The van der Waals surface area contributed by atoms with Crippen molar-refractivity contribution in [2.45, 2.75) is 26.7 Å². The molecule has 1 aromatic heterocycles. The maximum atomic E-state index is 5.42. The highest BCUT2D eigenvalue weighted by Crippen LogP contribution is 2.08. The van der Waals surface area contributed by atoms with Crippen molar-refractivity contribution in [1.29, 1.82) is 0 Å². The van der Waals surface area contributed by atoms with Gasteiger partial charge in [-0.3, -0.25) is 0 Å². The van der Waals surface area contributed by atoms with Crippen LogP contribution in [0.5, 0.6) is 0 Å². The number of hydrogen-bond donors (Lipinski definition) is 0. The van der Waals surface area contributed by atoms with Crippen molar-refractivity contribution in [2.75, 3.05) is 0 Å². The molecule has 0 fully saturated rings. The zero-order valence-electron chi connectivity index (χ0n) is 9.16. The van der Waals surface area contributed by atoms with Gasteiger partial charge < -0.3 is 4.42 Å². The number of oxazole rings is 1. The Morgan fingerprint density at radius 3 is 2.40 bits per heavy atom. The Morgan fingerprint density at radius 1 is 1.07 bits per heavy atom. The lowest BCUT2D eigenvalue weighted by molar-refractivity contribution is 0.470. The molecule has 1 aromatic carbocycles. The molecule has 0 aliphatic carbocycles. The summed E-state index contributed by atoms with van der Waals surface area (Å²) in [4.78, 5) is 4.18. The van der Waals surface area contributed by atoms with Gasteiger partial charge in [0.25, 0.3) is 0 Å². The molecule has 0 saturated heterocycles. The van der Waals surface area contributed by atoms with Crippen molar-refractivity contribution in [3.63, 3.8) is 0 Å². The zero-order valence-corrected chi connectivity index (χ0v) is 9.16. The SMILES string of the molecule is Cc1ccc(CCc2ncc(C)o2)cc1. The standard InChI is InChI=1S/C13H15NO/c1-10-3-5-12(6-4-10)7-8-13-14-9-11(2)15-13/h3-6,9H,7-8H2,1-2H3. The molecule has 0 radical (unpaired) electrons. The lowest BCUT2D eigenvalue weighted by Crippen LogP contribution is -1.91. The molecule has 1 heterocycles. The predicted octanol–water partition coefficient (Wildman–Crippen LogP) is 3.08. The molecule has 15 heavy (non-hydrogen) atoms. The summed E-state index contributed by atoms with van der Waals surface area (Å²) in [5, 5.41) is 0. The third-order valence-electron chi connectivity index (χ3n) is 2.42. The van der Waals surface area contributed by atoms with E-state index in [0.29, 0.717) is 0 Å². The van der Waals surface area contributed by atoms with Gasteiger partial charge in [0.1, 0.15) is 5.76 Å². The van der Waals surface area contributed by atoms with Gasteiger partial charge in [0.15, 0.2) is 5.89 Å². The van der Waals surface area contributed by atoms with Crippen molar-refractivity contribution in [3.8, 4) is 0 Å². The van der Waals surface area contributed by atoms with E-state index >= 15 is 0 Å². The molecule has 78 valence electrons. The summed E-state index contributed by atoms with van der Waals surface area (Å²) >= 11 is 0. The number of rotatable bonds is 3. The molecule has 2 rings (SSSR count). The normalized spacial score (nSPS) is 10.5. The first-order valence-electron chi connectivity index (χ1n) is 5.21. The molecule has 0 saturated carbocycles. The fraction of sp³-hybridized carbons (Fsp3) is 0.308. The second-order valence-electron chi connectivity index (χ2n) is 3.85. The lowest BCUT2D eigenvalue weighted by atomic mass is 10.1. The Morgan fingerprint density at radius 2 is 1.80 bits per heavy atom. The highest BCUT2D eigenvalue weighted by molar-refractivity contribution is 5.21. The Kier molecular flexibility index (Phi) is 2.86. The molecule has 0 bridgehead atoms. The Labute approximate surface area is 90.0 Å². The zero-order chi connectivity index (χ0) is 10.7. The van der Waals surface area contributed by atoms with Crippen LogP contribution in [-0.4, -0.2) is 4.98 Å². The quantitative estimate of drug-likeness (QED) is 0.762. The average Bonchev–Trinajstić information content (AvgIpc) is 2.64. The Bertz CT molecular complexity index is 428. The topological polar surface area (TPSA) is 26.0 Å². The molecule has 0 spiro atoms. The predicted molar refractivity (Wildman–Crippen MR) is 59.8 cm³/mol. The maximum absolute atomic E-state index is 5.42. The van der Waals surface area contributed by atoms with Crippen molar-refractivity contribution in [1.82, 2.24) is 4.98 Å². The van der Waals surface area contributed by atoms with E-state index < -0.39 is 0 Å². The second kappa shape index (κ2) is 4.30. The average molecular weight is 201 g/mol. The number of aryl methyl sites for hydroxylation is 4. The van der Waals surface area contributed by atoms with Crippen LogP contribution in [0.2, 0.25) is 0 Å². The van der Waals surface area contributed by atoms with Crippen LogP contribution in [0.25, 0.3) is 0 Å². The van der Waals surface area contributed by atoms with Crippen LogP contribution >= 0.6 is 0 Å². The van der Waals surface area contributed by atoms with Gasteiger partial charge in [-0.15, -0.1) is 0 Å². The first kappa shape index (κ1) is 9.97. The van der Waals surface area contributed by atoms with Crippen LogP contribution in [0, 0.1) is 13.8 Å². The maximum Gasteiger partial charge on any atom is 0.194 e. The summed E-state index contributed by atoms with van der Waals surface area (Å²) in [7, 11) is 0. The van der Waals surface area contributed by atoms with Crippen LogP contribution in [0.3, 0.4) is 0 Å². The number of aromatic nitrogens is 1. The van der Waals surface area contributed by atoms with E-state index in [9.17, 15) is 0 Å². The summed E-state index contributed by atoms with van der Waals surface area (Å²) in [6.07, 6.45) is 3.63. The van der Waals surface area contributed by atoms with E-state index in [1.807, 2.05) is 6.92 Å². The van der Waals surface area contributed by atoms with Crippen LogP contribution in [0.15, 0.2) is 34.9 Å². The van der Waals surface area contributed by atoms with Crippen LogP contribution in [0.1, 0.15) is 22.8 Å². The van der Waals surface area contributed by atoms with E-state index in [0.717, 1.165) is 24.5 Å². The summed E-state index contributed by atoms with van der Waals surface area (Å²) in [6.45, 7) is 4.02. The van der Waals surface area contributed by atoms with E-state index in [2.05, 4.69) is 36.2 Å². The molecule has 0 unspecified atom stereocenters. The molecule has 0 atom stereocenters. The number of hydrogen-bond acceptors (Lipinski definition) is 2. The molecular formula is C13H15NO. The van der Waals surface area contributed by atoms with Gasteiger partial charge in [0, 0.05) is 6.42 Å². The third-order valence-corrected chi connectivity index (χ3v) is 2.42. The van der Waals surface area contributed by atoms with Gasteiger partial charge in [0.2, 0.25) is 0 Å². The largest absolute Gasteiger partial charge is 0.446 e. The van der Waals surface area contributed by atoms with Gasteiger partial charge in [-0.25, -0.2) is 4.98 Å². The highest BCUT2D eigenvalue weighted by atomic mass is 16.3. The van der Waals surface area contributed by atoms with E-state index in [1.165, 1.54) is 11.1 Å². The monoisotopic (exact) mass is 201 g/mol. The second-order valence-corrected chi connectivity index (χ2v) is 3.85. The fourth-order valence-electron chi connectivity index (χ4n) is 1.52. The Balaban J connectivity index is 1.96. The molecule has 2 heteroatoms. The van der Waals surface area contributed by atoms with Gasteiger partial charge in [0.05, 0.1) is 6.20 Å². The van der Waals surface area contributed by atoms with Crippen LogP contribution in [0.4, 0.5) is 0 Å². The first-order valence-corrected chi connectivity index (χ1v) is 5.21. The Hall–Kier alpha value is -1.57. The molecule has 0 aliphatic rings. The highest BCUT2D eigenvalue weighted by Gasteiger charge is 2.00. The number of benzene rings is 1. The van der Waals surface area contributed by atoms with E-state index in [4.69, 9.17) is 4.42 Å². The van der Waals surface area contributed by atoms with Gasteiger partial charge >= 0.3 is 0 Å². The molecule has 0 N–H and O–H groups in total. The van der Waals surface area contributed by atoms with Gasteiger partial charge in [-0.2, -0.15) is 0 Å². The molecule has 0 aliphatic heterocycles. The van der Waals surface area contributed by atoms with Crippen molar-refractivity contribution >= 4 is 0 Å². The van der Waals surface area contributed by atoms with Crippen LogP contribution in [-0.2, 0) is 12.8 Å². The lowest BCUT2D eigenvalue weighted by Gasteiger charge is -1.99. The molecule has 0 amide bonds. The summed E-state index contributed by atoms with van der Waals surface area (Å²) in [5.41, 5.74) is 2.63. The van der Waals surface area contributed by atoms with E-state index in [1.54, 1.807) is 6.20 Å². The first-order chi connectivity index (χ1) is 7.24. The summed E-state index contributed by atoms with van der Waals surface area (Å²) < 4.78 is 5.42.